The van der Waals surface area contributed by atoms with Crippen LogP contribution in [0.1, 0.15) is 0 Å². The van der Waals surface area contributed by atoms with E-state index >= 15 is 0 Å². The summed E-state index contributed by atoms with van der Waals surface area (Å²) in [6, 6.07) is 7.00. The Kier molecular flexibility index (Phi) is 3.58. The van der Waals surface area contributed by atoms with Crippen LogP contribution < -0.4 is 4.90 Å². The highest BCUT2D eigenvalue weighted by Crippen LogP contribution is 2.16. The van der Waals surface area contributed by atoms with E-state index in [2.05, 4.69) is 0 Å². The van der Waals surface area contributed by atoms with Gasteiger partial charge in [-0.3, -0.25) is 4.79 Å². The molecule has 0 saturated carbocycles. The first-order valence-electron chi connectivity index (χ1n) is 3.73. The van der Waals surface area contributed by atoms with E-state index in [1.165, 1.54) is 4.90 Å². The zero-order valence-corrected chi connectivity index (χ0v) is 8.64. The summed E-state index contributed by atoms with van der Waals surface area (Å²) in [5.74, 6) is -0.150. The van der Waals surface area contributed by atoms with Crippen molar-refractivity contribution in [3.63, 3.8) is 0 Å². The second kappa shape index (κ2) is 4.49. The first-order valence-corrected chi connectivity index (χ1v) is 4.64. The maximum atomic E-state index is 11.2. The molecule has 0 saturated heterocycles. The minimum Gasteiger partial charge on any atom is -0.314 e. The molecule has 0 unspecified atom stereocenters. The fraction of sp³-hybridized carbons (Fsp3) is 0.222. The largest absolute Gasteiger partial charge is 0.314 e. The van der Waals surface area contributed by atoms with Crippen LogP contribution in [-0.4, -0.2) is 18.8 Å². The third-order valence-corrected chi connectivity index (χ3v) is 2.18. The Morgan fingerprint density at radius 3 is 2.38 bits per heavy atom. The molecule has 70 valence electrons. The van der Waals surface area contributed by atoms with Crippen LogP contribution in [0.25, 0.3) is 0 Å². The van der Waals surface area contributed by atoms with Crippen LogP contribution in [0.5, 0.6) is 0 Å². The van der Waals surface area contributed by atoms with Gasteiger partial charge in [-0.15, -0.1) is 11.6 Å². The van der Waals surface area contributed by atoms with Gasteiger partial charge in [0, 0.05) is 17.8 Å². The van der Waals surface area contributed by atoms with Gasteiger partial charge in [0.1, 0.15) is 5.88 Å². The molecular weight excluding hydrogens is 209 g/mol. The van der Waals surface area contributed by atoms with Crippen molar-refractivity contribution in [3.05, 3.63) is 29.3 Å². The molecule has 0 radical (unpaired) electrons. The number of carbonyl (C=O) groups excluding carboxylic acids is 1. The molecule has 0 spiro atoms. The highest BCUT2D eigenvalue weighted by Gasteiger charge is 2.08. The molecule has 1 rings (SSSR count). The van der Waals surface area contributed by atoms with Gasteiger partial charge in [0.2, 0.25) is 5.91 Å². The average molecular weight is 218 g/mol. The van der Waals surface area contributed by atoms with Gasteiger partial charge >= 0.3 is 0 Å². The zero-order valence-electron chi connectivity index (χ0n) is 7.13. The van der Waals surface area contributed by atoms with E-state index in [0.29, 0.717) is 5.02 Å². The number of carbonyl (C=O) groups is 1. The molecule has 13 heavy (non-hydrogen) atoms. The lowest BCUT2D eigenvalue weighted by molar-refractivity contribution is -0.116. The second-order valence-electron chi connectivity index (χ2n) is 2.56. The first-order chi connectivity index (χ1) is 6.15. The van der Waals surface area contributed by atoms with Crippen LogP contribution in [0.4, 0.5) is 5.69 Å². The van der Waals surface area contributed by atoms with E-state index in [4.69, 9.17) is 23.2 Å². The molecule has 0 N–H and O–H groups in total. The van der Waals surface area contributed by atoms with Crippen molar-refractivity contribution in [1.29, 1.82) is 0 Å². The third kappa shape index (κ3) is 2.61. The average Bonchev–Trinajstić information content (AvgIpc) is 2.17. The molecule has 0 aliphatic heterocycles. The van der Waals surface area contributed by atoms with Crippen LogP contribution in [0.3, 0.4) is 0 Å². The van der Waals surface area contributed by atoms with Crippen molar-refractivity contribution in [2.75, 3.05) is 17.8 Å². The van der Waals surface area contributed by atoms with Crippen LogP contribution >= 0.6 is 23.2 Å². The normalized spacial score (nSPS) is 9.77. The molecular formula is C9H9Cl2NO. The van der Waals surface area contributed by atoms with E-state index in [-0.39, 0.29) is 11.8 Å². The Balaban J connectivity index is 2.83. The minimum atomic E-state index is -0.135. The van der Waals surface area contributed by atoms with Crippen LogP contribution in [0, 0.1) is 0 Å². The molecule has 0 fully saturated rings. The van der Waals surface area contributed by atoms with Crippen LogP contribution in [0.2, 0.25) is 5.02 Å². The van der Waals surface area contributed by atoms with Crippen molar-refractivity contribution >= 4 is 34.8 Å². The number of nitrogens with zero attached hydrogens (tertiary/aromatic N) is 1. The molecule has 1 amide bonds. The minimum absolute atomic E-state index is 0.0148. The lowest BCUT2D eigenvalue weighted by atomic mass is 10.3. The Bertz CT molecular complexity index is 297. The SMILES string of the molecule is CN(C(=O)CCl)c1ccc(Cl)cc1. The Morgan fingerprint density at radius 2 is 1.92 bits per heavy atom. The molecule has 0 aliphatic carbocycles. The van der Waals surface area contributed by atoms with E-state index < -0.39 is 0 Å². The standard InChI is InChI=1S/C9H9Cl2NO/c1-12(9(13)6-10)8-4-2-7(11)3-5-8/h2-5H,6H2,1H3. The van der Waals surface area contributed by atoms with Gasteiger partial charge in [0.15, 0.2) is 0 Å². The molecule has 2 nitrogen and oxygen atoms in total. The highest BCUT2D eigenvalue weighted by atomic mass is 35.5. The highest BCUT2D eigenvalue weighted by molar-refractivity contribution is 6.31. The molecule has 1 aromatic rings. The summed E-state index contributed by atoms with van der Waals surface area (Å²) in [6.45, 7) is 0. The summed E-state index contributed by atoms with van der Waals surface area (Å²) >= 11 is 11.1. The summed E-state index contributed by atoms with van der Waals surface area (Å²) in [5.41, 5.74) is 0.787. The Labute approximate surface area is 87.1 Å². The quantitative estimate of drug-likeness (QED) is 0.698. The van der Waals surface area contributed by atoms with Crippen LogP contribution in [0.15, 0.2) is 24.3 Å². The Hall–Kier alpha value is -0.730. The molecule has 0 aliphatic rings. The molecule has 1 aromatic carbocycles. The molecule has 4 heteroatoms. The van der Waals surface area contributed by atoms with E-state index in [1.54, 1.807) is 31.3 Å². The zero-order chi connectivity index (χ0) is 9.84. The third-order valence-electron chi connectivity index (χ3n) is 1.70. The van der Waals surface area contributed by atoms with Crippen molar-refractivity contribution in [2.45, 2.75) is 0 Å². The van der Waals surface area contributed by atoms with Crippen LogP contribution in [-0.2, 0) is 4.79 Å². The van der Waals surface area contributed by atoms with Gasteiger partial charge in [-0.2, -0.15) is 0 Å². The number of rotatable bonds is 2. The Morgan fingerprint density at radius 1 is 1.38 bits per heavy atom. The maximum Gasteiger partial charge on any atom is 0.241 e. The smallest absolute Gasteiger partial charge is 0.241 e. The van der Waals surface area contributed by atoms with E-state index in [0.717, 1.165) is 5.69 Å². The number of hydrogen-bond donors (Lipinski definition) is 0. The van der Waals surface area contributed by atoms with Gasteiger partial charge in [0.25, 0.3) is 0 Å². The number of halogens is 2. The number of anilines is 1. The molecule has 0 aromatic heterocycles. The number of hydrogen-bond acceptors (Lipinski definition) is 1. The van der Waals surface area contributed by atoms with Crippen molar-refractivity contribution in [2.24, 2.45) is 0 Å². The van der Waals surface area contributed by atoms with Crippen molar-refractivity contribution in [1.82, 2.24) is 0 Å². The van der Waals surface area contributed by atoms with Gasteiger partial charge in [-0.25, -0.2) is 0 Å². The summed E-state index contributed by atoms with van der Waals surface area (Å²) in [7, 11) is 1.67. The molecule has 0 bridgehead atoms. The molecule has 0 heterocycles. The summed E-state index contributed by atoms with van der Waals surface area (Å²) in [5, 5.41) is 0.649. The van der Waals surface area contributed by atoms with Gasteiger partial charge in [0.05, 0.1) is 0 Å². The number of benzene rings is 1. The van der Waals surface area contributed by atoms with Crippen molar-refractivity contribution < 1.29 is 4.79 Å². The fourth-order valence-corrected chi connectivity index (χ4v) is 1.20. The number of alkyl halides is 1. The maximum absolute atomic E-state index is 11.2. The topological polar surface area (TPSA) is 20.3 Å². The predicted octanol–water partition coefficient (Wildman–Crippen LogP) is 2.54. The summed E-state index contributed by atoms with van der Waals surface area (Å²) < 4.78 is 0. The lowest BCUT2D eigenvalue weighted by Gasteiger charge is -2.15. The lowest BCUT2D eigenvalue weighted by Crippen LogP contribution is -2.26. The first kappa shape index (κ1) is 10.4. The summed E-state index contributed by atoms with van der Waals surface area (Å²) in [6.07, 6.45) is 0. The van der Waals surface area contributed by atoms with Gasteiger partial charge in [-0.1, -0.05) is 11.6 Å². The van der Waals surface area contributed by atoms with Gasteiger partial charge < -0.3 is 4.90 Å². The van der Waals surface area contributed by atoms with Gasteiger partial charge in [-0.05, 0) is 24.3 Å². The van der Waals surface area contributed by atoms with Crippen molar-refractivity contribution in [3.8, 4) is 0 Å². The summed E-state index contributed by atoms with van der Waals surface area (Å²) in [4.78, 5) is 12.6. The fourth-order valence-electron chi connectivity index (χ4n) is 0.898. The number of amides is 1. The van der Waals surface area contributed by atoms with E-state index in [9.17, 15) is 4.79 Å². The second-order valence-corrected chi connectivity index (χ2v) is 3.27. The van der Waals surface area contributed by atoms with E-state index in [1.807, 2.05) is 0 Å². The monoisotopic (exact) mass is 217 g/mol. The predicted molar refractivity (Wildman–Crippen MR) is 55.6 cm³/mol. The molecule has 0 atom stereocenters.